The lowest BCUT2D eigenvalue weighted by Gasteiger charge is -2.09. The summed E-state index contributed by atoms with van der Waals surface area (Å²) in [5.41, 5.74) is 1.94. The molecule has 9 heteroatoms. The number of nitrogens with zero attached hydrogens (tertiary/aromatic N) is 3. The second-order valence-electron chi connectivity index (χ2n) is 5.81. The first-order valence-electron chi connectivity index (χ1n) is 7.86. The fourth-order valence-electron chi connectivity index (χ4n) is 2.43. The molecule has 0 amide bonds. The molecule has 0 saturated heterocycles. The smallest absolute Gasteiger partial charge is 0.230 e. The predicted molar refractivity (Wildman–Crippen MR) is 105 cm³/mol. The van der Waals surface area contributed by atoms with Gasteiger partial charge in [-0.05, 0) is 29.8 Å². The summed E-state index contributed by atoms with van der Waals surface area (Å²) in [4.78, 5) is 12.6. The molecule has 0 spiro atoms. The van der Waals surface area contributed by atoms with Crippen molar-refractivity contribution in [3.8, 4) is 17.1 Å². The maximum Gasteiger partial charge on any atom is 0.230 e. The molecular weight excluding hydrogens is 369 g/mol. The Labute approximate surface area is 156 Å². The minimum absolute atomic E-state index is 0.300. The second kappa shape index (κ2) is 7.68. The molecule has 0 aliphatic heterocycles. The largest absolute Gasteiger partial charge is 0.496 e. The van der Waals surface area contributed by atoms with Gasteiger partial charge in [-0.1, -0.05) is 12.1 Å². The molecule has 0 aliphatic carbocycles. The summed E-state index contributed by atoms with van der Waals surface area (Å²) in [6, 6.07) is 11.3. The average molecular weight is 387 g/mol. The first kappa shape index (κ1) is 18.7. The lowest BCUT2D eigenvalue weighted by molar-refractivity contribution is 0.412. The monoisotopic (exact) mass is 387 g/mol. The second-order valence-corrected chi connectivity index (χ2v) is 7.98. The Morgan fingerprint density at radius 3 is 2.78 bits per heavy atom. The standard InChI is InChI=1S/C18H18FN5O2S/c1-26-16-9-13(19)6-7-15(16)17-21-11-22-18(24-17)23-14-5-3-4-12(8-14)10-27(2,20)25/h3-11H,1-2H3,(H2,20,25)(H,21,22,23,24). The predicted octanol–water partition coefficient (Wildman–Crippen LogP) is 2.37. The molecule has 3 rings (SSSR count). The fourth-order valence-corrected chi connectivity index (χ4v) is 3.11. The first-order chi connectivity index (χ1) is 12.8. The fraction of sp³-hybridized carbons (Fsp3) is 0.111. The molecule has 3 N–H and O–H groups in total. The van der Waals surface area contributed by atoms with Crippen molar-refractivity contribution in [1.82, 2.24) is 15.0 Å². The van der Waals surface area contributed by atoms with Crippen LogP contribution in [-0.2, 0) is 9.71 Å². The first-order valence-corrected chi connectivity index (χ1v) is 9.95. The number of nitrogens with one attached hydrogen (secondary N) is 1. The Balaban J connectivity index is 1.92. The molecule has 0 bridgehead atoms. The van der Waals surface area contributed by atoms with Gasteiger partial charge in [0, 0.05) is 33.1 Å². The van der Waals surface area contributed by atoms with Crippen LogP contribution in [0.1, 0.15) is 5.56 Å². The molecular formula is C18H18FN5O2S. The normalized spacial score (nSPS) is 12.9. The zero-order valence-electron chi connectivity index (χ0n) is 14.7. The summed E-state index contributed by atoms with van der Waals surface area (Å²) >= 11 is 0. The van der Waals surface area contributed by atoms with E-state index >= 15 is 0 Å². The Kier molecular flexibility index (Phi) is 5.33. The molecule has 2 aromatic carbocycles. The molecule has 1 atom stereocenters. The van der Waals surface area contributed by atoms with Gasteiger partial charge in [-0.2, -0.15) is 4.98 Å². The maximum absolute atomic E-state index is 13.4. The molecule has 0 aliphatic rings. The summed E-state index contributed by atoms with van der Waals surface area (Å²) in [7, 11) is -1.06. The highest BCUT2D eigenvalue weighted by atomic mass is 32.2. The zero-order valence-corrected chi connectivity index (χ0v) is 15.5. The molecule has 1 heterocycles. The molecule has 0 saturated carbocycles. The summed E-state index contributed by atoms with van der Waals surface area (Å²) in [6.07, 6.45) is 2.81. The van der Waals surface area contributed by atoms with Crippen molar-refractivity contribution in [1.29, 1.82) is 0 Å². The van der Waals surface area contributed by atoms with E-state index in [2.05, 4.69) is 20.3 Å². The highest BCUT2D eigenvalue weighted by molar-refractivity contribution is 7.98. The van der Waals surface area contributed by atoms with Gasteiger partial charge < -0.3 is 10.1 Å². The Hall–Kier alpha value is -3.04. The van der Waals surface area contributed by atoms with Crippen LogP contribution in [0, 0.1) is 5.82 Å². The van der Waals surface area contributed by atoms with Crippen LogP contribution < -0.4 is 15.2 Å². The Morgan fingerprint density at radius 1 is 1.22 bits per heavy atom. The van der Waals surface area contributed by atoms with Gasteiger partial charge in [-0.25, -0.2) is 14.4 Å². The molecule has 7 nitrogen and oxygen atoms in total. The average Bonchev–Trinajstić information content (AvgIpc) is 2.60. The van der Waals surface area contributed by atoms with Gasteiger partial charge in [0.05, 0.1) is 12.7 Å². The van der Waals surface area contributed by atoms with Crippen molar-refractivity contribution < 1.29 is 13.3 Å². The number of rotatable bonds is 5. The molecule has 0 radical (unpaired) electrons. The van der Waals surface area contributed by atoms with Crippen molar-refractivity contribution in [2.75, 3.05) is 18.7 Å². The van der Waals surface area contributed by atoms with E-state index in [9.17, 15) is 8.60 Å². The SMILES string of the molecule is COc1cc(F)ccc1-c1ncnc(Nc2cccc(C=S(C)(N)=O)c2)n1. The summed E-state index contributed by atoms with van der Waals surface area (Å²) < 4.78 is 30.3. The number of nitrogens with two attached hydrogens (primary N) is 1. The van der Waals surface area contributed by atoms with Crippen LogP contribution in [0.5, 0.6) is 5.75 Å². The van der Waals surface area contributed by atoms with Gasteiger partial charge in [0.15, 0.2) is 5.82 Å². The van der Waals surface area contributed by atoms with Gasteiger partial charge in [-0.3, -0.25) is 9.35 Å². The Morgan fingerprint density at radius 2 is 2.04 bits per heavy atom. The van der Waals surface area contributed by atoms with E-state index in [1.165, 1.54) is 37.2 Å². The van der Waals surface area contributed by atoms with Crippen molar-refractivity contribution in [3.05, 3.63) is 60.2 Å². The van der Waals surface area contributed by atoms with Crippen LogP contribution in [0.3, 0.4) is 0 Å². The highest BCUT2D eigenvalue weighted by Gasteiger charge is 2.11. The molecule has 3 aromatic rings. The zero-order chi connectivity index (χ0) is 19.4. The summed E-state index contributed by atoms with van der Waals surface area (Å²) in [6.45, 7) is 0. The van der Waals surface area contributed by atoms with Crippen LogP contribution in [0.2, 0.25) is 0 Å². The number of halogens is 1. The summed E-state index contributed by atoms with van der Waals surface area (Å²) in [5, 5.41) is 10.1. The molecule has 0 fully saturated rings. The van der Waals surface area contributed by atoms with Crippen molar-refractivity contribution in [2.24, 2.45) is 5.14 Å². The van der Waals surface area contributed by atoms with Crippen LogP contribution in [0.15, 0.2) is 48.8 Å². The van der Waals surface area contributed by atoms with Gasteiger partial charge in [0.25, 0.3) is 0 Å². The summed E-state index contributed by atoms with van der Waals surface area (Å²) in [5.74, 6) is 0.548. The number of hydrogen-bond donors (Lipinski definition) is 2. The third-order valence-corrected chi connectivity index (χ3v) is 4.23. The third-order valence-electron chi connectivity index (χ3n) is 3.49. The quantitative estimate of drug-likeness (QED) is 0.652. The molecule has 27 heavy (non-hydrogen) atoms. The Bertz CT molecular complexity index is 1090. The molecule has 140 valence electrons. The van der Waals surface area contributed by atoms with Crippen LogP contribution in [-0.4, -0.2) is 37.9 Å². The van der Waals surface area contributed by atoms with Crippen LogP contribution in [0.4, 0.5) is 16.0 Å². The van der Waals surface area contributed by atoms with E-state index in [4.69, 9.17) is 9.88 Å². The third kappa shape index (κ3) is 4.99. The van der Waals surface area contributed by atoms with E-state index in [0.29, 0.717) is 34.3 Å². The van der Waals surface area contributed by atoms with Crippen molar-refractivity contribution >= 4 is 26.7 Å². The number of anilines is 2. The van der Waals surface area contributed by atoms with Gasteiger partial charge in [-0.15, -0.1) is 0 Å². The number of hydrogen-bond acceptors (Lipinski definition) is 6. The van der Waals surface area contributed by atoms with Gasteiger partial charge in [0.2, 0.25) is 5.95 Å². The number of benzene rings is 2. The van der Waals surface area contributed by atoms with Crippen LogP contribution in [0.25, 0.3) is 11.4 Å². The molecule has 1 aromatic heterocycles. The topological polar surface area (TPSA) is 103 Å². The number of ether oxygens (including phenoxy) is 1. The van der Waals surface area contributed by atoms with E-state index < -0.39 is 15.5 Å². The number of aromatic nitrogens is 3. The van der Waals surface area contributed by atoms with E-state index in [0.717, 1.165) is 0 Å². The minimum atomic E-state index is -2.51. The lowest BCUT2D eigenvalue weighted by atomic mass is 10.2. The van der Waals surface area contributed by atoms with Crippen LogP contribution >= 0.6 is 0 Å². The molecule has 1 unspecified atom stereocenters. The van der Waals surface area contributed by atoms with Gasteiger partial charge >= 0.3 is 0 Å². The number of methoxy groups -OCH3 is 1. The van der Waals surface area contributed by atoms with Crippen molar-refractivity contribution in [2.45, 2.75) is 0 Å². The van der Waals surface area contributed by atoms with Crippen molar-refractivity contribution in [3.63, 3.8) is 0 Å². The minimum Gasteiger partial charge on any atom is -0.496 e. The maximum atomic E-state index is 13.4. The highest BCUT2D eigenvalue weighted by Crippen LogP contribution is 2.28. The lowest BCUT2D eigenvalue weighted by Crippen LogP contribution is -2.13. The van der Waals surface area contributed by atoms with E-state index in [1.54, 1.807) is 24.3 Å². The van der Waals surface area contributed by atoms with E-state index in [1.807, 2.05) is 6.07 Å². The van der Waals surface area contributed by atoms with Gasteiger partial charge in [0.1, 0.15) is 17.9 Å². The van der Waals surface area contributed by atoms with E-state index in [-0.39, 0.29) is 0 Å².